The van der Waals surface area contributed by atoms with Crippen molar-refractivity contribution in [2.75, 3.05) is 0 Å². The van der Waals surface area contributed by atoms with Gasteiger partial charge in [-0.05, 0) is 6.92 Å². The lowest BCUT2D eigenvalue weighted by molar-refractivity contribution is 0.756. The molecule has 80 valence electrons. The van der Waals surface area contributed by atoms with E-state index < -0.39 is 0 Å². The lowest BCUT2D eigenvalue weighted by Gasteiger charge is -2.07. The van der Waals surface area contributed by atoms with Crippen molar-refractivity contribution in [1.29, 1.82) is 0 Å². The SMILES string of the molecule is Cc1nn(C)cc1C(N)c1cnn(C)c1. The van der Waals surface area contributed by atoms with Crippen LogP contribution in [-0.2, 0) is 14.1 Å². The molecule has 0 spiro atoms. The first-order valence-electron chi connectivity index (χ1n) is 4.82. The molecular formula is C10H15N5. The fraction of sp³-hybridized carbons (Fsp3) is 0.400. The summed E-state index contributed by atoms with van der Waals surface area (Å²) in [5.41, 5.74) is 9.16. The van der Waals surface area contributed by atoms with E-state index in [1.54, 1.807) is 15.6 Å². The molecule has 2 N–H and O–H groups in total. The van der Waals surface area contributed by atoms with E-state index in [9.17, 15) is 0 Å². The largest absolute Gasteiger partial charge is 0.320 e. The second kappa shape index (κ2) is 3.51. The van der Waals surface area contributed by atoms with E-state index in [0.29, 0.717) is 0 Å². The number of aryl methyl sites for hydroxylation is 3. The molecule has 5 nitrogen and oxygen atoms in total. The van der Waals surface area contributed by atoms with Crippen LogP contribution in [0.5, 0.6) is 0 Å². The van der Waals surface area contributed by atoms with Crippen LogP contribution in [0.4, 0.5) is 0 Å². The Morgan fingerprint density at radius 3 is 2.47 bits per heavy atom. The van der Waals surface area contributed by atoms with Crippen molar-refractivity contribution < 1.29 is 0 Å². The summed E-state index contributed by atoms with van der Waals surface area (Å²) in [5, 5.41) is 8.38. The molecular weight excluding hydrogens is 190 g/mol. The third-order valence-electron chi connectivity index (χ3n) is 2.47. The normalized spacial score (nSPS) is 13.1. The number of nitrogens with two attached hydrogens (primary N) is 1. The highest BCUT2D eigenvalue weighted by molar-refractivity contribution is 5.29. The summed E-state index contributed by atoms with van der Waals surface area (Å²) < 4.78 is 3.53. The molecule has 5 heteroatoms. The van der Waals surface area contributed by atoms with Crippen molar-refractivity contribution in [3.8, 4) is 0 Å². The first-order valence-corrected chi connectivity index (χ1v) is 4.82. The molecule has 2 aromatic rings. The van der Waals surface area contributed by atoms with Crippen molar-refractivity contribution in [2.24, 2.45) is 19.8 Å². The number of rotatable bonds is 2. The Bertz CT molecular complexity index is 468. The van der Waals surface area contributed by atoms with Crippen LogP contribution in [0.15, 0.2) is 18.6 Å². The van der Waals surface area contributed by atoms with Crippen molar-refractivity contribution in [3.63, 3.8) is 0 Å². The van der Waals surface area contributed by atoms with Gasteiger partial charge in [-0.1, -0.05) is 0 Å². The van der Waals surface area contributed by atoms with Gasteiger partial charge in [0.25, 0.3) is 0 Å². The standard InChI is InChI=1S/C10H15N5/c1-7-9(6-15(3)13-7)10(11)8-4-12-14(2)5-8/h4-6,10H,11H2,1-3H3. The van der Waals surface area contributed by atoms with Gasteiger partial charge in [-0.2, -0.15) is 10.2 Å². The van der Waals surface area contributed by atoms with Gasteiger partial charge < -0.3 is 5.73 Å². The molecule has 0 bridgehead atoms. The van der Waals surface area contributed by atoms with Gasteiger partial charge in [-0.3, -0.25) is 9.36 Å². The Morgan fingerprint density at radius 1 is 1.27 bits per heavy atom. The van der Waals surface area contributed by atoms with Crippen LogP contribution in [0.1, 0.15) is 22.9 Å². The Kier molecular flexibility index (Phi) is 2.32. The summed E-state index contributed by atoms with van der Waals surface area (Å²) in [5.74, 6) is 0. The highest BCUT2D eigenvalue weighted by atomic mass is 15.3. The van der Waals surface area contributed by atoms with Crippen LogP contribution in [-0.4, -0.2) is 19.6 Å². The predicted molar refractivity (Wildman–Crippen MR) is 57.2 cm³/mol. The van der Waals surface area contributed by atoms with Gasteiger partial charge in [0.1, 0.15) is 0 Å². The Morgan fingerprint density at radius 2 is 2.00 bits per heavy atom. The second-order valence-electron chi connectivity index (χ2n) is 3.77. The highest BCUT2D eigenvalue weighted by Crippen LogP contribution is 2.20. The van der Waals surface area contributed by atoms with Crippen LogP contribution < -0.4 is 5.73 Å². The van der Waals surface area contributed by atoms with Crippen LogP contribution >= 0.6 is 0 Å². The number of hydrogen-bond donors (Lipinski definition) is 1. The lowest BCUT2D eigenvalue weighted by Crippen LogP contribution is -2.11. The summed E-state index contributed by atoms with van der Waals surface area (Å²) in [6.07, 6.45) is 5.67. The molecule has 2 rings (SSSR count). The van der Waals surface area contributed by atoms with E-state index >= 15 is 0 Å². The highest BCUT2D eigenvalue weighted by Gasteiger charge is 2.15. The van der Waals surface area contributed by atoms with E-state index in [1.807, 2.05) is 33.4 Å². The zero-order valence-electron chi connectivity index (χ0n) is 9.18. The summed E-state index contributed by atoms with van der Waals surface area (Å²) in [7, 11) is 3.78. The number of aromatic nitrogens is 4. The molecule has 0 radical (unpaired) electrons. The van der Waals surface area contributed by atoms with Gasteiger partial charge in [0, 0.05) is 37.6 Å². The molecule has 0 aliphatic heterocycles. The summed E-state index contributed by atoms with van der Waals surface area (Å²) in [6.45, 7) is 1.96. The third-order valence-corrected chi connectivity index (χ3v) is 2.47. The average molecular weight is 205 g/mol. The molecule has 0 fully saturated rings. The van der Waals surface area contributed by atoms with Gasteiger partial charge in [0.15, 0.2) is 0 Å². The molecule has 0 amide bonds. The van der Waals surface area contributed by atoms with Gasteiger partial charge in [0.2, 0.25) is 0 Å². The fourth-order valence-corrected chi connectivity index (χ4v) is 1.70. The smallest absolute Gasteiger partial charge is 0.0644 e. The zero-order valence-corrected chi connectivity index (χ0v) is 9.18. The zero-order chi connectivity index (χ0) is 11.0. The topological polar surface area (TPSA) is 61.7 Å². The molecule has 0 aliphatic carbocycles. The molecule has 1 unspecified atom stereocenters. The van der Waals surface area contributed by atoms with Crippen LogP contribution in [0, 0.1) is 6.92 Å². The van der Waals surface area contributed by atoms with E-state index in [0.717, 1.165) is 16.8 Å². The lowest BCUT2D eigenvalue weighted by atomic mass is 10.0. The van der Waals surface area contributed by atoms with Crippen LogP contribution in [0.2, 0.25) is 0 Å². The minimum atomic E-state index is -0.146. The van der Waals surface area contributed by atoms with E-state index in [1.165, 1.54) is 0 Å². The third kappa shape index (κ3) is 1.78. The van der Waals surface area contributed by atoms with Crippen molar-refractivity contribution in [3.05, 3.63) is 35.4 Å². The number of hydrogen-bond acceptors (Lipinski definition) is 3. The van der Waals surface area contributed by atoms with Crippen LogP contribution in [0.3, 0.4) is 0 Å². The molecule has 0 saturated heterocycles. The minimum absolute atomic E-state index is 0.146. The Labute approximate surface area is 88.5 Å². The molecule has 15 heavy (non-hydrogen) atoms. The van der Waals surface area contributed by atoms with Gasteiger partial charge >= 0.3 is 0 Å². The maximum atomic E-state index is 6.14. The molecule has 0 aromatic carbocycles. The molecule has 0 saturated carbocycles. The second-order valence-corrected chi connectivity index (χ2v) is 3.77. The van der Waals surface area contributed by atoms with Gasteiger partial charge in [-0.15, -0.1) is 0 Å². The predicted octanol–water partition coefficient (Wildman–Crippen LogP) is 0.510. The average Bonchev–Trinajstić information content (AvgIpc) is 2.71. The van der Waals surface area contributed by atoms with E-state index in [4.69, 9.17) is 5.73 Å². The Balaban J connectivity index is 2.35. The molecule has 0 aliphatic rings. The molecule has 2 heterocycles. The van der Waals surface area contributed by atoms with Crippen molar-refractivity contribution in [1.82, 2.24) is 19.6 Å². The minimum Gasteiger partial charge on any atom is -0.320 e. The number of nitrogens with zero attached hydrogens (tertiary/aromatic N) is 4. The quantitative estimate of drug-likeness (QED) is 0.777. The summed E-state index contributed by atoms with van der Waals surface area (Å²) in [6, 6.07) is -0.146. The van der Waals surface area contributed by atoms with Crippen LogP contribution in [0.25, 0.3) is 0 Å². The maximum Gasteiger partial charge on any atom is 0.0644 e. The fourth-order valence-electron chi connectivity index (χ4n) is 1.70. The molecule has 2 aromatic heterocycles. The summed E-state index contributed by atoms with van der Waals surface area (Å²) in [4.78, 5) is 0. The van der Waals surface area contributed by atoms with Crippen molar-refractivity contribution >= 4 is 0 Å². The first kappa shape index (κ1) is 9.92. The van der Waals surface area contributed by atoms with Gasteiger partial charge in [0.05, 0.1) is 17.9 Å². The first-order chi connectivity index (χ1) is 7.08. The molecule has 1 atom stereocenters. The monoisotopic (exact) mass is 205 g/mol. The van der Waals surface area contributed by atoms with E-state index in [2.05, 4.69) is 10.2 Å². The Hall–Kier alpha value is -1.62. The maximum absolute atomic E-state index is 6.14. The van der Waals surface area contributed by atoms with Gasteiger partial charge in [-0.25, -0.2) is 0 Å². The van der Waals surface area contributed by atoms with E-state index in [-0.39, 0.29) is 6.04 Å². The van der Waals surface area contributed by atoms with Crippen molar-refractivity contribution in [2.45, 2.75) is 13.0 Å². The summed E-state index contributed by atoms with van der Waals surface area (Å²) >= 11 is 0.